The lowest BCUT2D eigenvalue weighted by Crippen LogP contribution is -2.53. The minimum Gasteiger partial charge on any atom is -0.176 e. The van der Waals surface area contributed by atoms with Crippen molar-refractivity contribution in [3.63, 3.8) is 0 Å². The van der Waals surface area contributed by atoms with Crippen LogP contribution in [0.3, 0.4) is 0 Å². The van der Waals surface area contributed by atoms with Crippen LogP contribution in [0.4, 0.5) is 0 Å². The van der Waals surface area contributed by atoms with E-state index in [-0.39, 0.29) is 0 Å². The largest absolute Gasteiger partial charge is 0.176 e. The highest BCUT2D eigenvalue weighted by atomic mass is 32.1. The predicted molar refractivity (Wildman–Crippen MR) is 129 cm³/mol. The van der Waals surface area contributed by atoms with Gasteiger partial charge in [-0.25, -0.2) is 0 Å². The lowest BCUT2D eigenvalue weighted by atomic mass is 9.45. The number of hydrogen-bond donors (Lipinski definition) is 2. The summed E-state index contributed by atoms with van der Waals surface area (Å²) in [6.45, 7) is 10.0. The highest BCUT2D eigenvalue weighted by molar-refractivity contribution is 7.81. The van der Waals surface area contributed by atoms with Crippen LogP contribution in [0.5, 0.6) is 0 Å². The van der Waals surface area contributed by atoms with Crippen LogP contribution in [0, 0.1) is 46.3 Å². The Labute approximate surface area is 186 Å². The molecular weight excluding hydrogens is 376 g/mol. The van der Waals surface area contributed by atoms with Crippen molar-refractivity contribution in [3.05, 3.63) is 0 Å². The van der Waals surface area contributed by atoms with Crippen molar-refractivity contribution in [2.45, 2.75) is 115 Å². The van der Waals surface area contributed by atoms with Crippen LogP contribution in [0.2, 0.25) is 0 Å². The lowest BCUT2D eigenvalue weighted by Gasteiger charge is -2.60. The molecule has 2 heteroatoms. The fourth-order valence-corrected chi connectivity index (χ4v) is 9.63. The molecule has 0 aromatic rings. The Morgan fingerprint density at radius 1 is 0.786 bits per heavy atom. The minimum atomic E-state index is 0.509. The van der Waals surface area contributed by atoms with Gasteiger partial charge >= 0.3 is 0 Å². The fraction of sp³-hybridized carbons (Fsp3) is 1.00. The maximum absolute atomic E-state index is 5.22. The van der Waals surface area contributed by atoms with Crippen molar-refractivity contribution in [2.24, 2.45) is 46.3 Å². The fourth-order valence-electron chi connectivity index (χ4n) is 8.84. The van der Waals surface area contributed by atoms with Crippen molar-refractivity contribution in [3.8, 4) is 0 Å². The smallest absolute Gasteiger partial charge is 0.00504 e. The Balaban J connectivity index is 1.46. The van der Waals surface area contributed by atoms with Crippen LogP contribution in [0.25, 0.3) is 0 Å². The summed E-state index contributed by atoms with van der Waals surface area (Å²) in [5.74, 6) is 5.66. The zero-order valence-electron chi connectivity index (χ0n) is 19.0. The predicted octanol–water partition coefficient (Wildman–Crippen LogP) is 8.07. The van der Waals surface area contributed by atoms with E-state index < -0.39 is 0 Å². The molecule has 4 aliphatic carbocycles. The maximum Gasteiger partial charge on any atom is 0.00504 e. The van der Waals surface area contributed by atoms with Crippen molar-refractivity contribution in [1.29, 1.82) is 0 Å². The molecule has 0 nitrogen and oxygen atoms in total. The van der Waals surface area contributed by atoms with E-state index in [1.807, 2.05) is 0 Å². The van der Waals surface area contributed by atoms with Gasteiger partial charge in [-0.1, -0.05) is 40.5 Å². The third-order valence-electron chi connectivity index (χ3n) is 10.9. The molecule has 0 aliphatic heterocycles. The molecule has 0 bridgehead atoms. The normalized spacial score (nSPS) is 48.9. The third kappa shape index (κ3) is 3.63. The van der Waals surface area contributed by atoms with Crippen LogP contribution < -0.4 is 0 Å². The van der Waals surface area contributed by atoms with E-state index in [1.54, 1.807) is 6.42 Å². The Hall–Kier alpha value is 0.700. The molecule has 0 N–H and O–H groups in total. The first-order valence-electron chi connectivity index (χ1n) is 12.6. The number of fused-ring (bicyclic) bond motifs is 5. The molecule has 0 heterocycles. The molecule has 0 aromatic heterocycles. The molecule has 4 rings (SSSR count). The summed E-state index contributed by atoms with van der Waals surface area (Å²) in [6, 6.07) is 0. The summed E-state index contributed by atoms with van der Waals surface area (Å²) in [5.41, 5.74) is 1.25. The summed E-state index contributed by atoms with van der Waals surface area (Å²) in [4.78, 5) is 0. The van der Waals surface area contributed by atoms with Gasteiger partial charge in [0.05, 0.1) is 0 Å². The Morgan fingerprint density at radius 2 is 1.54 bits per heavy atom. The van der Waals surface area contributed by atoms with Gasteiger partial charge in [-0.05, 0) is 111 Å². The van der Waals surface area contributed by atoms with Crippen molar-refractivity contribution in [1.82, 2.24) is 0 Å². The van der Waals surface area contributed by atoms with Gasteiger partial charge in [-0.2, -0.15) is 25.3 Å². The molecule has 10 unspecified atom stereocenters. The molecule has 4 saturated carbocycles. The lowest BCUT2D eigenvalue weighted by molar-refractivity contribution is -0.110. The number of thiol groups is 2. The number of hydrogen-bond acceptors (Lipinski definition) is 2. The van der Waals surface area contributed by atoms with Crippen molar-refractivity contribution < 1.29 is 0 Å². The van der Waals surface area contributed by atoms with E-state index in [2.05, 4.69) is 40.3 Å². The van der Waals surface area contributed by atoms with Gasteiger partial charge in [0.2, 0.25) is 0 Å². The van der Waals surface area contributed by atoms with E-state index >= 15 is 0 Å². The zero-order valence-corrected chi connectivity index (χ0v) is 20.8. The molecule has 0 spiro atoms. The van der Waals surface area contributed by atoms with Gasteiger partial charge in [-0.15, -0.1) is 0 Å². The molecule has 4 aliphatic rings. The highest BCUT2D eigenvalue weighted by Crippen LogP contribution is 2.68. The number of rotatable bonds is 5. The van der Waals surface area contributed by atoms with Crippen molar-refractivity contribution in [2.75, 3.05) is 0 Å². The molecule has 10 atom stereocenters. The first kappa shape index (κ1) is 21.9. The summed E-state index contributed by atoms with van der Waals surface area (Å²) in [5, 5.41) is 1.11. The molecule has 28 heavy (non-hydrogen) atoms. The second-order valence-electron chi connectivity index (χ2n) is 12.0. The van der Waals surface area contributed by atoms with E-state index in [0.717, 1.165) is 29.6 Å². The quantitative estimate of drug-likeness (QED) is 0.411. The van der Waals surface area contributed by atoms with Gasteiger partial charge in [0.15, 0.2) is 0 Å². The topological polar surface area (TPSA) is 0 Å². The molecule has 0 amide bonds. The Kier molecular flexibility index (Phi) is 6.52. The zero-order chi connectivity index (χ0) is 20.1. The van der Waals surface area contributed by atoms with E-state index in [0.29, 0.717) is 27.2 Å². The van der Waals surface area contributed by atoms with Crippen LogP contribution in [0.15, 0.2) is 0 Å². The van der Waals surface area contributed by atoms with E-state index in [9.17, 15) is 0 Å². The van der Waals surface area contributed by atoms with Gasteiger partial charge < -0.3 is 0 Å². The first-order chi connectivity index (χ1) is 13.3. The molecule has 0 radical (unpaired) electrons. The van der Waals surface area contributed by atoms with E-state index in [1.165, 1.54) is 70.6 Å². The summed E-state index contributed by atoms with van der Waals surface area (Å²) in [7, 11) is 0. The molecule has 162 valence electrons. The van der Waals surface area contributed by atoms with Crippen LogP contribution in [0.1, 0.15) is 105 Å². The highest BCUT2D eigenvalue weighted by Gasteiger charge is 2.60. The standard InChI is InChI=1S/C26H46S2/c1-17(18(2)27)8-13-24(28)23-12-11-21-20-10-9-19-7-5-6-15-25(19,3)22(20)14-16-26(21,23)4/h17-24,27-28H,5-16H2,1-4H3. The average Bonchev–Trinajstić information content (AvgIpc) is 3.02. The average molecular weight is 423 g/mol. The van der Waals surface area contributed by atoms with Crippen LogP contribution >= 0.6 is 25.3 Å². The van der Waals surface area contributed by atoms with Gasteiger partial charge in [0, 0.05) is 10.5 Å². The molecule has 0 saturated heterocycles. The van der Waals surface area contributed by atoms with Gasteiger partial charge in [0.25, 0.3) is 0 Å². The Bertz CT molecular complexity index is 545. The molecular formula is C26H46S2. The van der Waals surface area contributed by atoms with Crippen LogP contribution in [-0.2, 0) is 0 Å². The summed E-state index contributed by atoms with van der Waals surface area (Å²) in [6.07, 6.45) is 17.7. The van der Waals surface area contributed by atoms with E-state index in [4.69, 9.17) is 12.6 Å². The first-order valence-corrected chi connectivity index (χ1v) is 13.7. The molecule has 0 aromatic carbocycles. The Morgan fingerprint density at radius 3 is 2.29 bits per heavy atom. The third-order valence-corrected chi connectivity index (χ3v) is 12.0. The van der Waals surface area contributed by atoms with Gasteiger partial charge in [-0.3, -0.25) is 0 Å². The second kappa shape index (κ2) is 8.33. The summed E-state index contributed by atoms with van der Waals surface area (Å²) >= 11 is 9.89. The van der Waals surface area contributed by atoms with Crippen molar-refractivity contribution >= 4 is 25.3 Å². The van der Waals surface area contributed by atoms with Crippen LogP contribution in [-0.4, -0.2) is 10.5 Å². The SMILES string of the molecule is CC(S)C(C)CCC(S)C1CCC2C3CCC4CCCCC4(C)C3CCC12C. The minimum absolute atomic E-state index is 0.509. The monoisotopic (exact) mass is 422 g/mol. The summed E-state index contributed by atoms with van der Waals surface area (Å²) < 4.78 is 0. The second-order valence-corrected chi connectivity index (χ2v) is 13.5. The molecule has 4 fully saturated rings. The van der Waals surface area contributed by atoms with Gasteiger partial charge in [0.1, 0.15) is 0 Å². The maximum atomic E-state index is 5.22.